The molecule has 0 aliphatic carbocycles. The van der Waals surface area contributed by atoms with Gasteiger partial charge in [-0.1, -0.05) is 6.92 Å². The molecule has 0 amide bonds. The Bertz CT molecular complexity index is 353. The second-order valence-electron chi connectivity index (χ2n) is 3.53. The fourth-order valence-corrected chi connectivity index (χ4v) is 1.29. The number of aliphatic hydroxyl groups excluding tert-OH is 1. The van der Waals surface area contributed by atoms with Gasteiger partial charge in [0.15, 0.2) is 11.6 Å². The molecule has 0 saturated carbocycles. The lowest BCUT2D eigenvalue weighted by atomic mass is 10.1. The van der Waals surface area contributed by atoms with E-state index in [-0.39, 0.29) is 24.8 Å². The van der Waals surface area contributed by atoms with Crippen LogP contribution < -0.4 is 5.32 Å². The van der Waals surface area contributed by atoms with Crippen molar-refractivity contribution in [3.8, 4) is 0 Å². The Kier molecular flexibility index (Phi) is 4.76. The first kappa shape index (κ1) is 13.0. The lowest BCUT2D eigenvalue weighted by Crippen LogP contribution is -2.31. The molecule has 0 aliphatic heterocycles. The summed E-state index contributed by atoms with van der Waals surface area (Å²) >= 11 is 0. The predicted molar refractivity (Wildman–Crippen MR) is 54.3 cm³/mol. The van der Waals surface area contributed by atoms with Crippen LogP contribution in [0.1, 0.15) is 18.9 Å². The van der Waals surface area contributed by atoms with Gasteiger partial charge in [0.2, 0.25) is 0 Å². The van der Waals surface area contributed by atoms with Crippen molar-refractivity contribution >= 4 is 0 Å². The van der Waals surface area contributed by atoms with Crippen LogP contribution in [0.3, 0.4) is 0 Å². The van der Waals surface area contributed by atoms with Crippen molar-refractivity contribution in [2.75, 3.05) is 6.61 Å². The van der Waals surface area contributed by atoms with Gasteiger partial charge in [0.05, 0.1) is 6.61 Å². The first-order valence-electron chi connectivity index (χ1n) is 5.06. The zero-order valence-corrected chi connectivity index (χ0v) is 8.93. The number of hydrogen-bond donors (Lipinski definition) is 2. The van der Waals surface area contributed by atoms with Gasteiger partial charge in [0.25, 0.3) is 0 Å². The maximum Gasteiger partial charge on any atom is 0.161 e. The Balaban J connectivity index is 2.70. The number of benzene rings is 1. The van der Waals surface area contributed by atoms with E-state index in [0.29, 0.717) is 12.5 Å². The van der Waals surface area contributed by atoms with Gasteiger partial charge in [0.1, 0.15) is 5.82 Å². The topological polar surface area (TPSA) is 32.3 Å². The third kappa shape index (κ3) is 3.21. The van der Waals surface area contributed by atoms with Crippen LogP contribution in [0, 0.1) is 17.5 Å². The summed E-state index contributed by atoms with van der Waals surface area (Å²) in [4.78, 5) is 0. The molecule has 0 fully saturated rings. The molecule has 0 aliphatic rings. The molecule has 16 heavy (non-hydrogen) atoms. The van der Waals surface area contributed by atoms with Gasteiger partial charge in [-0.15, -0.1) is 0 Å². The molecule has 0 spiro atoms. The van der Waals surface area contributed by atoms with Gasteiger partial charge in [0, 0.05) is 24.2 Å². The molecule has 1 atom stereocenters. The minimum Gasteiger partial charge on any atom is -0.395 e. The normalized spacial score (nSPS) is 12.8. The summed E-state index contributed by atoms with van der Waals surface area (Å²) in [7, 11) is 0. The molecule has 2 nitrogen and oxygen atoms in total. The van der Waals surface area contributed by atoms with Crippen LogP contribution in [-0.2, 0) is 6.54 Å². The van der Waals surface area contributed by atoms with E-state index >= 15 is 0 Å². The van der Waals surface area contributed by atoms with Crippen LogP contribution >= 0.6 is 0 Å². The summed E-state index contributed by atoms with van der Waals surface area (Å²) in [6.45, 7) is 1.83. The summed E-state index contributed by atoms with van der Waals surface area (Å²) in [5, 5.41) is 11.7. The highest BCUT2D eigenvalue weighted by Gasteiger charge is 2.11. The zero-order chi connectivity index (χ0) is 12.1. The minimum absolute atomic E-state index is 0.0470. The lowest BCUT2D eigenvalue weighted by Gasteiger charge is -2.14. The number of aliphatic hydroxyl groups is 1. The van der Waals surface area contributed by atoms with Crippen LogP contribution in [0.25, 0.3) is 0 Å². The Morgan fingerprint density at radius 1 is 1.19 bits per heavy atom. The molecule has 90 valence electrons. The smallest absolute Gasteiger partial charge is 0.161 e. The fourth-order valence-electron chi connectivity index (χ4n) is 1.29. The van der Waals surface area contributed by atoms with Crippen molar-refractivity contribution < 1.29 is 18.3 Å². The maximum absolute atomic E-state index is 13.2. The van der Waals surface area contributed by atoms with Crippen molar-refractivity contribution in [1.29, 1.82) is 0 Å². The van der Waals surface area contributed by atoms with Crippen molar-refractivity contribution in [1.82, 2.24) is 5.32 Å². The Hall–Kier alpha value is -1.07. The van der Waals surface area contributed by atoms with Crippen LogP contribution in [0.15, 0.2) is 12.1 Å². The molecule has 0 radical (unpaired) electrons. The number of halogens is 3. The average Bonchev–Trinajstić information content (AvgIpc) is 2.26. The number of rotatable bonds is 5. The third-order valence-electron chi connectivity index (χ3n) is 2.38. The number of nitrogens with one attached hydrogen (secondary N) is 1. The van der Waals surface area contributed by atoms with E-state index in [0.717, 1.165) is 6.07 Å². The second kappa shape index (κ2) is 5.86. The fraction of sp³-hybridized carbons (Fsp3) is 0.455. The largest absolute Gasteiger partial charge is 0.395 e. The van der Waals surface area contributed by atoms with Gasteiger partial charge in [-0.3, -0.25) is 0 Å². The van der Waals surface area contributed by atoms with Gasteiger partial charge in [-0.25, -0.2) is 13.2 Å². The second-order valence-corrected chi connectivity index (χ2v) is 3.53. The first-order valence-corrected chi connectivity index (χ1v) is 5.06. The van der Waals surface area contributed by atoms with Gasteiger partial charge in [-0.05, 0) is 12.5 Å². The van der Waals surface area contributed by atoms with E-state index in [2.05, 4.69) is 5.32 Å². The van der Waals surface area contributed by atoms with Gasteiger partial charge in [-0.2, -0.15) is 0 Å². The molecule has 1 aromatic rings. The molecule has 0 unspecified atom stereocenters. The predicted octanol–water partition coefficient (Wildman–Crippen LogP) is 1.96. The van der Waals surface area contributed by atoms with Crippen molar-refractivity contribution in [3.63, 3.8) is 0 Å². The Morgan fingerprint density at radius 3 is 2.38 bits per heavy atom. The van der Waals surface area contributed by atoms with E-state index in [9.17, 15) is 13.2 Å². The molecule has 1 rings (SSSR count). The van der Waals surface area contributed by atoms with Crippen LogP contribution in [0.5, 0.6) is 0 Å². The molecule has 0 bridgehead atoms. The molecular formula is C11H14F3NO. The molecule has 5 heteroatoms. The summed E-state index contributed by atoms with van der Waals surface area (Å²) < 4.78 is 38.6. The SMILES string of the molecule is CC[C@@H](CO)NCc1cc(F)c(F)cc1F. The summed E-state index contributed by atoms with van der Waals surface area (Å²) in [5.74, 6) is -3.06. The summed E-state index contributed by atoms with van der Waals surface area (Å²) in [5.41, 5.74) is 0.0470. The highest BCUT2D eigenvalue weighted by molar-refractivity contribution is 5.19. The zero-order valence-electron chi connectivity index (χ0n) is 8.93. The molecule has 0 aromatic heterocycles. The molecule has 1 aromatic carbocycles. The monoisotopic (exact) mass is 233 g/mol. The average molecular weight is 233 g/mol. The molecule has 0 saturated heterocycles. The number of hydrogen-bond acceptors (Lipinski definition) is 2. The lowest BCUT2D eigenvalue weighted by molar-refractivity contribution is 0.238. The van der Waals surface area contributed by atoms with Crippen LogP contribution in [0.4, 0.5) is 13.2 Å². The van der Waals surface area contributed by atoms with E-state index in [4.69, 9.17) is 5.11 Å². The first-order chi connectivity index (χ1) is 7.58. The Labute approximate surface area is 92.1 Å². The maximum atomic E-state index is 13.2. The summed E-state index contributed by atoms with van der Waals surface area (Å²) in [6, 6.07) is 1.17. The van der Waals surface area contributed by atoms with E-state index in [1.54, 1.807) is 0 Å². The van der Waals surface area contributed by atoms with Gasteiger partial charge < -0.3 is 10.4 Å². The third-order valence-corrected chi connectivity index (χ3v) is 2.38. The highest BCUT2D eigenvalue weighted by atomic mass is 19.2. The van der Waals surface area contributed by atoms with Gasteiger partial charge >= 0.3 is 0 Å². The Morgan fingerprint density at radius 2 is 1.81 bits per heavy atom. The van der Waals surface area contributed by atoms with Crippen molar-refractivity contribution in [3.05, 3.63) is 35.1 Å². The van der Waals surface area contributed by atoms with Crippen molar-refractivity contribution in [2.24, 2.45) is 0 Å². The molecule has 2 N–H and O–H groups in total. The van der Waals surface area contributed by atoms with Crippen molar-refractivity contribution in [2.45, 2.75) is 25.9 Å². The van der Waals surface area contributed by atoms with Crippen LogP contribution in [0.2, 0.25) is 0 Å². The van der Waals surface area contributed by atoms with E-state index < -0.39 is 17.5 Å². The van der Waals surface area contributed by atoms with Crippen LogP contribution in [-0.4, -0.2) is 17.8 Å². The molecular weight excluding hydrogens is 219 g/mol. The minimum atomic E-state index is -1.20. The summed E-state index contributed by atoms with van der Waals surface area (Å²) in [6.07, 6.45) is 0.668. The standard InChI is InChI=1S/C11H14F3NO/c1-2-8(6-16)15-5-7-3-10(13)11(14)4-9(7)12/h3-4,8,15-16H,2,5-6H2,1H3/t8-/m0/s1. The van der Waals surface area contributed by atoms with E-state index in [1.165, 1.54) is 0 Å². The molecule has 0 heterocycles. The highest BCUT2D eigenvalue weighted by Crippen LogP contribution is 2.13. The van der Waals surface area contributed by atoms with E-state index in [1.807, 2.05) is 6.92 Å². The quantitative estimate of drug-likeness (QED) is 0.762.